The van der Waals surface area contributed by atoms with Gasteiger partial charge < -0.3 is 9.84 Å². The van der Waals surface area contributed by atoms with Crippen molar-refractivity contribution in [2.75, 3.05) is 0 Å². The quantitative estimate of drug-likeness (QED) is 0.413. The van der Waals surface area contributed by atoms with Gasteiger partial charge in [-0.15, -0.1) is 0 Å². The van der Waals surface area contributed by atoms with E-state index in [2.05, 4.69) is 0 Å². The van der Waals surface area contributed by atoms with Crippen LogP contribution >= 0.6 is 0 Å². The zero-order chi connectivity index (χ0) is 19.1. The fourth-order valence-corrected chi connectivity index (χ4v) is 4.23. The molecule has 0 bridgehead atoms. The molecule has 1 aliphatic heterocycles. The van der Waals surface area contributed by atoms with Crippen LogP contribution in [0.1, 0.15) is 22.3 Å². The van der Waals surface area contributed by atoms with Gasteiger partial charge in [-0.25, -0.2) is 4.39 Å². The highest BCUT2D eigenvalue weighted by atomic mass is 19.1. The number of phenols is 1. The molecule has 0 saturated carbocycles. The van der Waals surface area contributed by atoms with Crippen LogP contribution in [0.4, 0.5) is 4.39 Å². The molecular formula is C25H17FO2. The highest BCUT2D eigenvalue weighted by Crippen LogP contribution is 2.55. The summed E-state index contributed by atoms with van der Waals surface area (Å²) in [6.07, 6.45) is 0. The van der Waals surface area contributed by atoms with Crippen molar-refractivity contribution in [2.24, 2.45) is 0 Å². The molecule has 1 N–H and O–H groups in total. The Morgan fingerprint density at radius 1 is 0.643 bits per heavy atom. The van der Waals surface area contributed by atoms with Gasteiger partial charge in [0.25, 0.3) is 0 Å². The number of hydrogen-bond donors (Lipinski definition) is 1. The summed E-state index contributed by atoms with van der Waals surface area (Å²) >= 11 is 0. The lowest BCUT2D eigenvalue weighted by atomic mass is 9.63. The average molecular weight is 368 g/mol. The smallest absolute Gasteiger partial charge is 0.132 e. The molecule has 0 aliphatic carbocycles. The van der Waals surface area contributed by atoms with Crippen LogP contribution in [-0.2, 0) is 5.41 Å². The van der Waals surface area contributed by atoms with E-state index in [0.717, 1.165) is 22.3 Å². The number of aromatic hydroxyl groups is 1. The second-order valence-electron chi connectivity index (χ2n) is 6.91. The third kappa shape index (κ3) is 2.33. The van der Waals surface area contributed by atoms with Gasteiger partial charge in [-0.1, -0.05) is 60.7 Å². The maximum atomic E-state index is 14.4. The maximum absolute atomic E-state index is 14.4. The van der Waals surface area contributed by atoms with Gasteiger partial charge in [-0.2, -0.15) is 0 Å². The van der Waals surface area contributed by atoms with Crippen LogP contribution in [0.2, 0.25) is 0 Å². The minimum Gasteiger partial charge on any atom is -0.508 e. The first-order chi connectivity index (χ1) is 13.7. The van der Waals surface area contributed by atoms with Gasteiger partial charge in [-0.3, -0.25) is 0 Å². The largest absolute Gasteiger partial charge is 0.508 e. The Balaban J connectivity index is 1.98. The number of fused-ring (bicyclic) bond motifs is 2. The first-order valence-electron chi connectivity index (χ1n) is 9.12. The molecule has 28 heavy (non-hydrogen) atoms. The molecule has 4 aromatic carbocycles. The standard InChI is InChI=1S/C25H17FO2/c26-19-10-6-9-18(15-19)25(17-7-2-1-3-8-17)21-11-4-5-12-23(21)28-24-14-13-20(27)16-22(24)25/h1-16,27H. The molecule has 0 saturated heterocycles. The monoisotopic (exact) mass is 368 g/mol. The van der Waals surface area contributed by atoms with Gasteiger partial charge in [0, 0.05) is 11.1 Å². The van der Waals surface area contributed by atoms with Gasteiger partial charge >= 0.3 is 0 Å². The Morgan fingerprint density at radius 2 is 1.36 bits per heavy atom. The van der Waals surface area contributed by atoms with E-state index in [1.807, 2.05) is 60.7 Å². The summed E-state index contributed by atoms with van der Waals surface area (Å²) in [5.41, 5.74) is 2.63. The first-order valence-corrected chi connectivity index (χ1v) is 9.12. The Bertz CT molecular complexity index is 1170. The van der Waals surface area contributed by atoms with Crippen LogP contribution in [-0.4, -0.2) is 5.11 Å². The third-order valence-corrected chi connectivity index (χ3v) is 5.34. The topological polar surface area (TPSA) is 29.5 Å². The minimum absolute atomic E-state index is 0.137. The van der Waals surface area contributed by atoms with Gasteiger partial charge in [0.2, 0.25) is 0 Å². The third-order valence-electron chi connectivity index (χ3n) is 5.34. The summed E-state index contributed by atoms with van der Waals surface area (Å²) in [6, 6.07) is 29.5. The molecular weight excluding hydrogens is 351 g/mol. The second-order valence-corrected chi connectivity index (χ2v) is 6.91. The Hall–Kier alpha value is -3.59. The summed E-state index contributed by atoms with van der Waals surface area (Å²) < 4.78 is 20.5. The lowest BCUT2D eigenvalue weighted by Crippen LogP contribution is -2.34. The maximum Gasteiger partial charge on any atom is 0.132 e. The lowest BCUT2D eigenvalue weighted by molar-refractivity contribution is 0.426. The molecule has 4 aromatic rings. The SMILES string of the molecule is Oc1ccc2c(c1)C(c1ccccc1)(c1cccc(F)c1)c1ccccc1O2. The summed E-state index contributed by atoms with van der Waals surface area (Å²) in [6.45, 7) is 0. The van der Waals surface area contributed by atoms with Crippen molar-refractivity contribution in [3.63, 3.8) is 0 Å². The lowest BCUT2D eigenvalue weighted by Gasteiger charge is -2.41. The van der Waals surface area contributed by atoms with Crippen molar-refractivity contribution in [1.82, 2.24) is 0 Å². The molecule has 1 aliphatic rings. The fraction of sp³-hybridized carbons (Fsp3) is 0.0400. The van der Waals surface area contributed by atoms with Gasteiger partial charge in [-0.05, 0) is 47.5 Å². The molecule has 0 radical (unpaired) electrons. The molecule has 2 nitrogen and oxygen atoms in total. The molecule has 0 aromatic heterocycles. The highest BCUT2D eigenvalue weighted by Gasteiger charge is 2.45. The molecule has 3 heteroatoms. The second kappa shape index (κ2) is 6.24. The highest BCUT2D eigenvalue weighted by molar-refractivity contribution is 5.69. The summed E-state index contributed by atoms with van der Waals surface area (Å²) in [5, 5.41) is 10.3. The fourth-order valence-electron chi connectivity index (χ4n) is 4.23. The predicted molar refractivity (Wildman–Crippen MR) is 106 cm³/mol. The number of para-hydroxylation sites is 1. The normalized spacial score (nSPS) is 17.3. The zero-order valence-electron chi connectivity index (χ0n) is 15.0. The van der Waals surface area contributed by atoms with Gasteiger partial charge in [0.15, 0.2) is 0 Å². The van der Waals surface area contributed by atoms with Crippen LogP contribution in [0.5, 0.6) is 17.2 Å². The molecule has 0 fully saturated rings. The Labute approximate surface area is 162 Å². The van der Waals surface area contributed by atoms with E-state index in [9.17, 15) is 9.50 Å². The van der Waals surface area contributed by atoms with E-state index in [0.29, 0.717) is 11.5 Å². The molecule has 0 amide bonds. The predicted octanol–water partition coefficient (Wildman–Crippen LogP) is 6.02. The van der Waals surface area contributed by atoms with Gasteiger partial charge in [0.05, 0.1) is 5.41 Å². The van der Waals surface area contributed by atoms with Crippen LogP contribution < -0.4 is 4.74 Å². The average Bonchev–Trinajstić information content (AvgIpc) is 2.73. The van der Waals surface area contributed by atoms with Crippen molar-refractivity contribution in [3.05, 3.63) is 125 Å². The van der Waals surface area contributed by atoms with Crippen molar-refractivity contribution < 1.29 is 14.2 Å². The molecule has 5 rings (SSSR count). The van der Waals surface area contributed by atoms with E-state index in [4.69, 9.17) is 4.74 Å². The van der Waals surface area contributed by atoms with Gasteiger partial charge in [0.1, 0.15) is 23.1 Å². The van der Waals surface area contributed by atoms with Crippen molar-refractivity contribution in [3.8, 4) is 17.2 Å². The Morgan fingerprint density at radius 3 is 2.18 bits per heavy atom. The first kappa shape index (κ1) is 16.6. The number of benzene rings is 4. The number of phenolic OH excluding ortho intramolecular Hbond substituents is 1. The number of ether oxygens (including phenoxy) is 1. The summed E-state index contributed by atoms with van der Waals surface area (Å²) in [4.78, 5) is 0. The van der Waals surface area contributed by atoms with Crippen LogP contribution in [0, 0.1) is 5.82 Å². The number of rotatable bonds is 2. The van der Waals surface area contributed by atoms with Crippen LogP contribution in [0.25, 0.3) is 0 Å². The molecule has 1 atom stereocenters. The number of halogens is 1. The molecule has 136 valence electrons. The number of hydrogen-bond acceptors (Lipinski definition) is 2. The van der Waals surface area contributed by atoms with Crippen molar-refractivity contribution >= 4 is 0 Å². The molecule has 0 spiro atoms. The Kier molecular flexibility index (Phi) is 3.69. The van der Waals surface area contributed by atoms with Crippen LogP contribution in [0.15, 0.2) is 97.1 Å². The van der Waals surface area contributed by atoms with Crippen molar-refractivity contribution in [1.29, 1.82) is 0 Å². The molecule has 1 heterocycles. The van der Waals surface area contributed by atoms with E-state index >= 15 is 0 Å². The van der Waals surface area contributed by atoms with E-state index in [1.165, 1.54) is 6.07 Å². The van der Waals surface area contributed by atoms with E-state index < -0.39 is 5.41 Å². The van der Waals surface area contributed by atoms with E-state index in [-0.39, 0.29) is 11.6 Å². The summed E-state index contributed by atoms with van der Waals surface area (Å²) in [5.74, 6) is 1.19. The summed E-state index contributed by atoms with van der Waals surface area (Å²) in [7, 11) is 0. The zero-order valence-corrected chi connectivity index (χ0v) is 15.0. The minimum atomic E-state index is -0.813. The van der Waals surface area contributed by atoms with Crippen LogP contribution in [0.3, 0.4) is 0 Å². The molecule has 1 unspecified atom stereocenters. The van der Waals surface area contributed by atoms with E-state index in [1.54, 1.807) is 30.3 Å². The van der Waals surface area contributed by atoms with Crippen molar-refractivity contribution in [2.45, 2.75) is 5.41 Å².